The molecule has 0 aromatic carbocycles. The second kappa shape index (κ2) is 4.31. The van der Waals surface area contributed by atoms with Crippen molar-refractivity contribution in [3.63, 3.8) is 0 Å². The number of carbonyl (C=O) groups is 2. The maximum absolute atomic E-state index is 14.8. The molecule has 14 heteroatoms. The number of rotatable bonds is 2. The second-order valence-corrected chi connectivity index (χ2v) is 5.34. The first kappa shape index (κ1) is 19.6. The summed E-state index contributed by atoms with van der Waals surface area (Å²) in [4.78, 5) is 22.7. The van der Waals surface area contributed by atoms with Crippen LogP contribution >= 0.6 is 0 Å². The third-order valence-electron chi connectivity index (χ3n) is 4.48. The molecule has 0 aromatic heterocycles. The Morgan fingerprint density at radius 3 is 1.00 bits per heavy atom. The molecule has 0 spiro atoms. The molecular weight excluding hydrogens is 386 g/mol. The molecule has 0 aromatic rings. The molecule has 0 N–H and O–H groups in total. The van der Waals surface area contributed by atoms with Gasteiger partial charge in [0.25, 0.3) is 11.3 Å². The Hall–Kier alpha value is -1.76. The molecular formula is C11H6F10O4. The summed E-state index contributed by atoms with van der Waals surface area (Å²) in [6.07, 6.45) is 0. The third-order valence-corrected chi connectivity index (χ3v) is 4.48. The van der Waals surface area contributed by atoms with Crippen molar-refractivity contribution < 1.29 is 63.0 Å². The fraction of sp³-hybridized carbons (Fsp3) is 0.818. The minimum Gasteiger partial charge on any atom is -0.466 e. The highest BCUT2D eigenvalue weighted by Crippen LogP contribution is 2.82. The van der Waals surface area contributed by atoms with E-state index < -0.39 is 52.4 Å². The molecule has 2 fully saturated rings. The van der Waals surface area contributed by atoms with Gasteiger partial charge in [0.1, 0.15) is 0 Å². The largest absolute Gasteiger partial charge is 0.466 e. The standard InChI is InChI=1S/C11H6F10O4/c1-24-3(22)5(12)6(13,4(23)25-2)8(15)9(16,17)7(5,14)10(18,19)11(8,20)21/h1-2H3. The summed E-state index contributed by atoms with van der Waals surface area (Å²) >= 11 is 0. The van der Waals surface area contributed by atoms with Crippen molar-refractivity contribution in [2.24, 2.45) is 0 Å². The topological polar surface area (TPSA) is 52.6 Å². The molecule has 2 aliphatic rings. The smallest absolute Gasteiger partial charge is 0.357 e. The molecule has 0 heterocycles. The van der Waals surface area contributed by atoms with Crippen LogP contribution in [0, 0.1) is 0 Å². The fourth-order valence-corrected chi connectivity index (χ4v) is 3.25. The Kier molecular flexibility index (Phi) is 3.37. The zero-order valence-corrected chi connectivity index (χ0v) is 11.9. The van der Waals surface area contributed by atoms with Crippen LogP contribution in [0.3, 0.4) is 0 Å². The van der Waals surface area contributed by atoms with Crippen LogP contribution < -0.4 is 0 Å². The molecule has 144 valence electrons. The fourth-order valence-electron chi connectivity index (χ4n) is 3.25. The van der Waals surface area contributed by atoms with Crippen LogP contribution in [-0.2, 0) is 19.1 Å². The van der Waals surface area contributed by atoms with Crippen LogP contribution in [0.25, 0.3) is 0 Å². The molecule has 4 atom stereocenters. The Morgan fingerprint density at radius 1 is 0.560 bits per heavy atom. The van der Waals surface area contributed by atoms with Gasteiger partial charge in [0.15, 0.2) is 0 Å². The Bertz CT molecular complexity index is 613. The zero-order chi connectivity index (χ0) is 20.1. The monoisotopic (exact) mass is 392 g/mol. The first-order valence-electron chi connectivity index (χ1n) is 6.02. The lowest BCUT2D eigenvalue weighted by atomic mass is 9.68. The molecule has 4 unspecified atom stereocenters. The number of alkyl halides is 10. The predicted molar refractivity (Wildman–Crippen MR) is 54.2 cm³/mol. The minimum absolute atomic E-state index is 0.0377. The highest BCUT2D eigenvalue weighted by molar-refractivity contribution is 5.99. The van der Waals surface area contributed by atoms with E-state index in [1.54, 1.807) is 0 Å². The number of hydrogen-bond donors (Lipinski definition) is 0. The Morgan fingerprint density at radius 2 is 0.800 bits per heavy atom. The zero-order valence-electron chi connectivity index (χ0n) is 11.9. The quantitative estimate of drug-likeness (QED) is 0.534. The van der Waals surface area contributed by atoms with Crippen LogP contribution in [0.15, 0.2) is 0 Å². The molecule has 2 aliphatic carbocycles. The van der Waals surface area contributed by atoms with E-state index in [2.05, 4.69) is 9.47 Å². The summed E-state index contributed by atoms with van der Waals surface area (Å²) in [6.45, 7) is 0. The maximum Gasteiger partial charge on any atom is 0.357 e. The number of hydrogen-bond acceptors (Lipinski definition) is 4. The SMILES string of the molecule is COC(=O)C1(F)C(F)(C(=O)OC)C2(F)C(F)(F)C(F)(F)C1(F)C2(F)F. The molecule has 2 rings (SSSR count). The van der Waals surface area contributed by atoms with Gasteiger partial charge in [0.05, 0.1) is 14.2 Å². The van der Waals surface area contributed by atoms with Crippen LogP contribution in [0.2, 0.25) is 0 Å². The van der Waals surface area contributed by atoms with E-state index in [1.807, 2.05) is 0 Å². The summed E-state index contributed by atoms with van der Waals surface area (Å²) in [5, 5.41) is 0. The van der Waals surface area contributed by atoms with E-state index >= 15 is 0 Å². The van der Waals surface area contributed by atoms with Crippen molar-refractivity contribution >= 4 is 11.9 Å². The molecule has 4 nitrogen and oxygen atoms in total. The number of halogens is 10. The lowest BCUT2D eigenvalue weighted by Gasteiger charge is -2.46. The normalized spacial score (nSPS) is 45.9. The molecule has 2 bridgehead atoms. The van der Waals surface area contributed by atoms with Crippen molar-refractivity contribution in [2.75, 3.05) is 14.2 Å². The highest BCUT2D eigenvalue weighted by Gasteiger charge is 3.18. The van der Waals surface area contributed by atoms with Crippen molar-refractivity contribution in [1.82, 2.24) is 0 Å². The third kappa shape index (κ3) is 1.23. The van der Waals surface area contributed by atoms with Crippen LogP contribution in [0.5, 0.6) is 0 Å². The lowest BCUT2D eigenvalue weighted by molar-refractivity contribution is -0.342. The van der Waals surface area contributed by atoms with Crippen molar-refractivity contribution in [2.45, 2.75) is 40.4 Å². The van der Waals surface area contributed by atoms with Gasteiger partial charge in [-0.05, 0) is 0 Å². The van der Waals surface area contributed by atoms with E-state index in [0.717, 1.165) is 0 Å². The van der Waals surface area contributed by atoms with Gasteiger partial charge in [-0.2, -0.15) is 26.3 Å². The van der Waals surface area contributed by atoms with E-state index in [0.29, 0.717) is 0 Å². The molecule has 25 heavy (non-hydrogen) atoms. The maximum atomic E-state index is 14.8. The Labute approximate surface area is 131 Å². The average molecular weight is 392 g/mol. The lowest BCUT2D eigenvalue weighted by Crippen LogP contribution is -2.81. The number of esters is 2. The van der Waals surface area contributed by atoms with Gasteiger partial charge in [-0.25, -0.2) is 27.2 Å². The highest BCUT2D eigenvalue weighted by atomic mass is 19.3. The van der Waals surface area contributed by atoms with Gasteiger partial charge in [-0.3, -0.25) is 0 Å². The van der Waals surface area contributed by atoms with Gasteiger partial charge >= 0.3 is 41.0 Å². The van der Waals surface area contributed by atoms with Crippen molar-refractivity contribution in [3.05, 3.63) is 0 Å². The first-order valence-corrected chi connectivity index (χ1v) is 6.02. The van der Waals surface area contributed by atoms with E-state index in [-0.39, 0.29) is 14.2 Å². The minimum atomic E-state index is -6.95. The van der Waals surface area contributed by atoms with Crippen LogP contribution in [-0.4, -0.2) is 66.6 Å². The van der Waals surface area contributed by atoms with E-state index in [4.69, 9.17) is 0 Å². The summed E-state index contributed by atoms with van der Waals surface area (Å²) < 4.78 is 148. The van der Waals surface area contributed by atoms with Gasteiger partial charge in [-0.15, -0.1) is 0 Å². The molecule has 2 saturated carbocycles. The van der Waals surface area contributed by atoms with Gasteiger partial charge < -0.3 is 9.47 Å². The van der Waals surface area contributed by atoms with Gasteiger partial charge in [-0.1, -0.05) is 0 Å². The van der Waals surface area contributed by atoms with E-state index in [1.165, 1.54) is 0 Å². The van der Waals surface area contributed by atoms with Gasteiger partial charge in [0, 0.05) is 0 Å². The predicted octanol–water partition coefficient (Wildman–Crippen LogP) is 2.10. The van der Waals surface area contributed by atoms with Crippen molar-refractivity contribution in [3.8, 4) is 0 Å². The van der Waals surface area contributed by atoms with Crippen LogP contribution in [0.4, 0.5) is 43.9 Å². The number of ether oxygens (including phenoxy) is 2. The number of methoxy groups -OCH3 is 2. The molecule has 0 radical (unpaired) electrons. The summed E-state index contributed by atoms with van der Waals surface area (Å²) in [7, 11) is 0.0755. The summed E-state index contributed by atoms with van der Waals surface area (Å²) in [5.41, 5.74) is -26.0. The second-order valence-electron chi connectivity index (χ2n) is 5.34. The molecule has 0 amide bonds. The number of fused-ring (bicyclic) bond motifs is 2. The van der Waals surface area contributed by atoms with Gasteiger partial charge in [0.2, 0.25) is 0 Å². The summed E-state index contributed by atoms with van der Waals surface area (Å²) in [5.74, 6) is -27.4. The Balaban J connectivity index is 3.12. The van der Waals surface area contributed by atoms with Crippen LogP contribution in [0.1, 0.15) is 0 Å². The summed E-state index contributed by atoms with van der Waals surface area (Å²) in [6, 6.07) is 0. The van der Waals surface area contributed by atoms with E-state index in [9.17, 15) is 53.5 Å². The van der Waals surface area contributed by atoms with Crippen molar-refractivity contribution in [1.29, 1.82) is 0 Å². The average Bonchev–Trinajstić information content (AvgIpc) is 2.66. The first-order chi connectivity index (χ1) is 11.0. The molecule has 0 aliphatic heterocycles. The number of carbonyl (C=O) groups excluding carboxylic acids is 2. The molecule has 0 saturated heterocycles.